The highest BCUT2D eigenvalue weighted by Gasteiger charge is 2.13. The largest absolute Gasteiger partial charge is 0.491 e. The second kappa shape index (κ2) is 6.59. The van der Waals surface area contributed by atoms with Crippen LogP contribution in [0.25, 0.3) is 0 Å². The lowest BCUT2D eigenvalue weighted by atomic mass is 10.1. The number of hydrogen-bond donors (Lipinski definition) is 1. The maximum absolute atomic E-state index is 13.7. The van der Waals surface area contributed by atoms with E-state index in [2.05, 4.69) is 5.32 Å². The molecule has 1 aliphatic rings. The van der Waals surface area contributed by atoms with E-state index in [1.165, 1.54) is 6.07 Å². The normalized spacial score (nSPS) is 20.2. The van der Waals surface area contributed by atoms with Crippen molar-refractivity contribution >= 4 is 5.69 Å². The Bertz CT molecular complexity index is 376. The average Bonchev–Trinajstić information content (AvgIpc) is 2.61. The number of hydrogen-bond acceptors (Lipinski definition) is 3. The molecule has 1 aromatic carbocycles. The van der Waals surface area contributed by atoms with Crippen molar-refractivity contribution in [2.24, 2.45) is 0 Å². The topological polar surface area (TPSA) is 30.5 Å². The van der Waals surface area contributed by atoms with E-state index in [9.17, 15) is 4.39 Å². The summed E-state index contributed by atoms with van der Waals surface area (Å²) in [6.45, 7) is 3.92. The molecule has 2 rings (SSSR count). The highest BCUT2D eigenvalue weighted by molar-refractivity contribution is 5.48. The highest BCUT2D eigenvalue weighted by atomic mass is 19.1. The van der Waals surface area contributed by atoms with Crippen LogP contribution in [0.4, 0.5) is 10.1 Å². The Hall–Kier alpha value is -1.29. The van der Waals surface area contributed by atoms with Crippen molar-refractivity contribution in [3.8, 4) is 5.75 Å². The van der Waals surface area contributed by atoms with Crippen molar-refractivity contribution in [3.05, 3.63) is 24.0 Å². The van der Waals surface area contributed by atoms with Crippen LogP contribution in [0.5, 0.6) is 5.75 Å². The Morgan fingerprint density at radius 3 is 3.06 bits per heavy atom. The summed E-state index contributed by atoms with van der Waals surface area (Å²) in [6, 6.07) is 5.40. The van der Waals surface area contributed by atoms with Gasteiger partial charge >= 0.3 is 0 Å². The first-order chi connectivity index (χ1) is 8.79. The smallest absolute Gasteiger partial charge is 0.167 e. The molecule has 0 bridgehead atoms. The van der Waals surface area contributed by atoms with Gasteiger partial charge in [0.25, 0.3) is 0 Å². The zero-order valence-corrected chi connectivity index (χ0v) is 10.7. The zero-order valence-electron chi connectivity index (χ0n) is 10.7. The van der Waals surface area contributed by atoms with Crippen LogP contribution < -0.4 is 10.1 Å². The third-order valence-electron chi connectivity index (χ3n) is 3.05. The first kappa shape index (κ1) is 13.1. The number of ether oxygens (including phenoxy) is 2. The van der Waals surface area contributed by atoms with E-state index in [4.69, 9.17) is 9.47 Å². The van der Waals surface area contributed by atoms with Gasteiger partial charge in [0.2, 0.25) is 0 Å². The van der Waals surface area contributed by atoms with Crippen molar-refractivity contribution in [3.63, 3.8) is 0 Å². The quantitative estimate of drug-likeness (QED) is 0.893. The molecule has 1 unspecified atom stereocenters. The third kappa shape index (κ3) is 3.60. The molecule has 1 aromatic rings. The van der Waals surface area contributed by atoms with Gasteiger partial charge in [0.15, 0.2) is 11.6 Å². The summed E-state index contributed by atoms with van der Waals surface area (Å²) in [5, 5.41) is 3.36. The van der Waals surface area contributed by atoms with Crippen LogP contribution in [0, 0.1) is 5.82 Å². The van der Waals surface area contributed by atoms with Crippen molar-refractivity contribution in [2.45, 2.75) is 32.2 Å². The van der Waals surface area contributed by atoms with Crippen LogP contribution in [0.2, 0.25) is 0 Å². The maximum atomic E-state index is 13.7. The molecule has 1 heterocycles. The van der Waals surface area contributed by atoms with Gasteiger partial charge in [-0.1, -0.05) is 0 Å². The van der Waals surface area contributed by atoms with Crippen LogP contribution in [0.15, 0.2) is 18.2 Å². The molecule has 0 amide bonds. The fourth-order valence-corrected chi connectivity index (χ4v) is 2.15. The summed E-state index contributed by atoms with van der Waals surface area (Å²) in [7, 11) is 0. The van der Waals surface area contributed by atoms with Crippen molar-refractivity contribution in [2.75, 3.05) is 25.1 Å². The molecule has 1 saturated heterocycles. The molecule has 4 heteroatoms. The Kier molecular flexibility index (Phi) is 4.81. The number of anilines is 1. The van der Waals surface area contributed by atoms with E-state index >= 15 is 0 Å². The lowest BCUT2D eigenvalue weighted by Crippen LogP contribution is -2.19. The van der Waals surface area contributed by atoms with Crippen LogP contribution >= 0.6 is 0 Å². The lowest BCUT2D eigenvalue weighted by molar-refractivity contribution is 0.144. The predicted molar refractivity (Wildman–Crippen MR) is 69.6 cm³/mol. The summed E-state index contributed by atoms with van der Waals surface area (Å²) in [5.74, 6) is -0.000952. The fourth-order valence-electron chi connectivity index (χ4n) is 2.15. The van der Waals surface area contributed by atoms with Crippen LogP contribution in [0.3, 0.4) is 0 Å². The Morgan fingerprint density at radius 1 is 1.39 bits per heavy atom. The number of nitrogens with one attached hydrogen (secondary N) is 1. The fraction of sp³-hybridized carbons (Fsp3) is 0.571. The SMILES string of the molecule is CCOc1ccc(NC2CCCOCC2)cc1F. The molecule has 1 aliphatic heterocycles. The van der Waals surface area contributed by atoms with Crippen molar-refractivity contribution < 1.29 is 13.9 Å². The molecule has 3 nitrogen and oxygen atoms in total. The van der Waals surface area contributed by atoms with Gasteiger partial charge in [0, 0.05) is 31.0 Å². The lowest BCUT2D eigenvalue weighted by Gasteiger charge is -2.17. The van der Waals surface area contributed by atoms with Crippen molar-refractivity contribution in [1.82, 2.24) is 0 Å². The van der Waals surface area contributed by atoms with Crippen molar-refractivity contribution in [1.29, 1.82) is 0 Å². The molecule has 0 radical (unpaired) electrons. The summed E-state index contributed by atoms with van der Waals surface area (Å²) >= 11 is 0. The summed E-state index contributed by atoms with van der Waals surface area (Å²) in [5.41, 5.74) is 0.808. The first-order valence-corrected chi connectivity index (χ1v) is 6.56. The molecule has 1 fully saturated rings. The second-order valence-corrected chi connectivity index (χ2v) is 4.46. The number of halogens is 1. The number of rotatable bonds is 4. The standard InChI is InChI=1S/C14H20FNO2/c1-2-18-14-6-5-12(10-13(14)15)16-11-4-3-8-17-9-7-11/h5-6,10-11,16H,2-4,7-9H2,1H3. The first-order valence-electron chi connectivity index (χ1n) is 6.56. The Labute approximate surface area is 107 Å². The molecule has 0 spiro atoms. The maximum Gasteiger partial charge on any atom is 0.167 e. The molecule has 0 aliphatic carbocycles. The summed E-state index contributed by atoms with van der Waals surface area (Å²) in [6.07, 6.45) is 3.08. The van der Waals surface area contributed by atoms with Gasteiger partial charge in [0.05, 0.1) is 6.61 Å². The Balaban J connectivity index is 1.98. The van der Waals surface area contributed by atoms with E-state index in [0.29, 0.717) is 18.4 Å². The van der Waals surface area contributed by atoms with Gasteiger partial charge in [-0.2, -0.15) is 0 Å². The van der Waals surface area contributed by atoms with E-state index in [1.807, 2.05) is 13.0 Å². The van der Waals surface area contributed by atoms with Gasteiger partial charge < -0.3 is 14.8 Å². The highest BCUT2D eigenvalue weighted by Crippen LogP contribution is 2.23. The zero-order chi connectivity index (χ0) is 12.8. The molecule has 100 valence electrons. The van der Waals surface area contributed by atoms with Crippen LogP contribution in [-0.2, 0) is 4.74 Å². The Morgan fingerprint density at radius 2 is 2.28 bits per heavy atom. The van der Waals surface area contributed by atoms with Gasteiger partial charge in [-0.15, -0.1) is 0 Å². The van der Waals surface area contributed by atoms with E-state index in [-0.39, 0.29) is 5.82 Å². The molecule has 0 aromatic heterocycles. The van der Waals surface area contributed by atoms with Gasteiger partial charge in [-0.05, 0) is 38.3 Å². The predicted octanol–water partition coefficient (Wildman–Crippen LogP) is 3.21. The third-order valence-corrected chi connectivity index (χ3v) is 3.05. The molecule has 1 atom stereocenters. The molecular formula is C14H20FNO2. The van der Waals surface area contributed by atoms with Gasteiger partial charge in [-0.25, -0.2) is 4.39 Å². The minimum atomic E-state index is -0.313. The molecular weight excluding hydrogens is 233 g/mol. The van der Waals surface area contributed by atoms with Crippen LogP contribution in [0.1, 0.15) is 26.2 Å². The molecule has 0 saturated carbocycles. The number of benzene rings is 1. The van der Waals surface area contributed by atoms with Gasteiger partial charge in [-0.3, -0.25) is 0 Å². The monoisotopic (exact) mass is 253 g/mol. The van der Waals surface area contributed by atoms with E-state index in [1.54, 1.807) is 6.07 Å². The van der Waals surface area contributed by atoms with E-state index < -0.39 is 0 Å². The second-order valence-electron chi connectivity index (χ2n) is 4.46. The van der Waals surface area contributed by atoms with Crippen LogP contribution in [-0.4, -0.2) is 25.9 Å². The molecule has 1 N–H and O–H groups in total. The minimum Gasteiger partial charge on any atom is -0.491 e. The van der Waals surface area contributed by atoms with Gasteiger partial charge in [0.1, 0.15) is 0 Å². The summed E-state index contributed by atoms with van der Waals surface area (Å²) in [4.78, 5) is 0. The minimum absolute atomic E-state index is 0.312. The average molecular weight is 253 g/mol. The van der Waals surface area contributed by atoms with E-state index in [0.717, 1.165) is 38.2 Å². The summed E-state index contributed by atoms with van der Waals surface area (Å²) < 4.78 is 24.3. The molecule has 18 heavy (non-hydrogen) atoms.